The summed E-state index contributed by atoms with van der Waals surface area (Å²) in [6, 6.07) is 11.6. The van der Waals surface area contributed by atoms with Gasteiger partial charge in [0, 0.05) is 15.9 Å². The van der Waals surface area contributed by atoms with Crippen LogP contribution < -0.4 is 10.5 Å². The Morgan fingerprint density at radius 1 is 1.30 bits per heavy atom. The van der Waals surface area contributed by atoms with Crippen LogP contribution >= 0.6 is 27.5 Å². The van der Waals surface area contributed by atoms with Crippen molar-refractivity contribution in [3.63, 3.8) is 0 Å². The Morgan fingerprint density at radius 3 is 2.90 bits per heavy atom. The van der Waals surface area contributed by atoms with Crippen molar-refractivity contribution in [2.45, 2.75) is 25.5 Å². The van der Waals surface area contributed by atoms with Crippen molar-refractivity contribution in [1.82, 2.24) is 0 Å². The predicted molar refractivity (Wildman–Crippen MR) is 85.4 cm³/mol. The summed E-state index contributed by atoms with van der Waals surface area (Å²) in [4.78, 5) is 0. The molecule has 2 nitrogen and oxygen atoms in total. The first-order valence-corrected chi connectivity index (χ1v) is 7.71. The van der Waals surface area contributed by atoms with Crippen LogP contribution in [0.3, 0.4) is 0 Å². The van der Waals surface area contributed by atoms with E-state index in [-0.39, 0.29) is 12.1 Å². The second-order valence-electron chi connectivity index (χ2n) is 5.14. The predicted octanol–water partition coefficient (Wildman–Crippen LogP) is 4.47. The number of ether oxygens (including phenoxy) is 1. The Balaban J connectivity index is 1.97. The summed E-state index contributed by atoms with van der Waals surface area (Å²) in [7, 11) is 0. The van der Waals surface area contributed by atoms with E-state index in [0.29, 0.717) is 5.02 Å². The summed E-state index contributed by atoms with van der Waals surface area (Å²) in [6.07, 6.45) is 1.17. The third kappa shape index (κ3) is 2.58. The zero-order valence-electron chi connectivity index (χ0n) is 11.1. The molecule has 20 heavy (non-hydrogen) atoms. The Morgan fingerprint density at radius 2 is 2.10 bits per heavy atom. The van der Waals surface area contributed by atoms with Gasteiger partial charge in [0.15, 0.2) is 0 Å². The van der Waals surface area contributed by atoms with Gasteiger partial charge in [-0.1, -0.05) is 39.7 Å². The second-order valence-corrected chi connectivity index (χ2v) is 6.47. The molecule has 2 aromatic carbocycles. The molecule has 0 radical (unpaired) electrons. The van der Waals surface area contributed by atoms with Crippen LogP contribution in [0.15, 0.2) is 40.9 Å². The van der Waals surface area contributed by atoms with Gasteiger partial charge >= 0.3 is 0 Å². The van der Waals surface area contributed by atoms with Crippen molar-refractivity contribution in [3.8, 4) is 5.75 Å². The van der Waals surface area contributed by atoms with Gasteiger partial charge in [-0.15, -0.1) is 0 Å². The van der Waals surface area contributed by atoms with Gasteiger partial charge < -0.3 is 10.5 Å². The van der Waals surface area contributed by atoms with Crippen LogP contribution in [0.25, 0.3) is 0 Å². The molecule has 0 saturated heterocycles. The first-order chi connectivity index (χ1) is 9.54. The number of rotatable bonds is 2. The molecule has 1 aliphatic heterocycles. The van der Waals surface area contributed by atoms with Crippen molar-refractivity contribution >= 4 is 27.5 Å². The van der Waals surface area contributed by atoms with Crippen LogP contribution in [-0.2, 0) is 6.42 Å². The summed E-state index contributed by atoms with van der Waals surface area (Å²) in [6.45, 7) is 2.07. The standard InChI is InChI=1S/C16H15BrClNO/c1-9-6-11-7-10(2-5-15(11)20-9)16(19)13-8-12(17)3-4-14(13)18/h2-5,7-9,16H,6,19H2,1H3. The highest BCUT2D eigenvalue weighted by atomic mass is 79.9. The summed E-state index contributed by atoms with van der Waals surface area (Å²) in [5.41, 5.74) is 9.57. The Kier molecular flexibility index (Phi) is 3.76. The lowest BCUT2D eigenvalue weighted by Gasteiger charge is -2.15. The number of hydrogen-bond donors (Lipinski definition) is 1. The van der Waals surface area contributed by atoms with Crippen molar-refractivity contribution in [2.24, 2.45) is 5.73 Å². The quantitative estimate of drug-likeness (QED) is 0.865. The van der Waals surface area contributed by atoms with Crippen molar-refractivity contribution in [1.29, 1.82) is 0 Å². The van der Waals surface area contributed by atoms with E-state index >= 15 is 0 Å². The molecule has 2 atom stereocenters. The number of fused-ring (bicyclic) bond motifs is 1. The normalized spacial score (nSPS) is 18.5. The van der Waals surface area contributed by atoms with Gasteiger partial charge in [0.2, 0.25) is 0 Å². The Bertz CT molecular complexity index is 659. The molecular weight excluding hydrogens is 338 g/mol. The van der Waals surface area contributed by atoms with E-state index < -0.39 is 0 Å². The van der Waals surface area contributed by atoms with Gasteiger partial charge in [0.1, 0.15) is 11.9 Å². The number of hydrogen-bond acceptors (Lipinski definition) is 2. The van der Waals surface area contributed by atoms with Crippen LogP contribution in [0.2, 0.25) is 5.02 Å². The van der Waals surface area contributed by atoms with Gasteiger partial charge in [-0.25, -0.2) is 0 Å². The van der Waals surface area contributed by atoms with E-state index in [2.05, 4.69) is 28.9 Å². The van der Waals surface area contributed by atoms with E-state index in [1.807, 2.05) is 30.3 Å². The maximum atomic E-state index is 6.37. The fourth-order valence-electron chi connectivity index (χ4n) is 2.57. The molecule has 0 amide bonds. The molecule has 104 valence electrons. The average Bonchev–Trinajstić information content (AvgIpc) is 2.79. The van der Waals surface area contributed by atoms with E-state index in [4.69, 9.17) is 22.1 Å². The fraction of sp³-hybridized carbons (Fsp3) is 0.250. The van der Waals surface area contributed by atoms with E-state index in [9.17, 15) is 0 Å². The molecule has 2 N–H and O–H groups in total. The molecule has 0 spiro atoms. The maximum Gasteiger partial charge on any atom is 0.123 e. The molecule has 1 heterocycles. The number of halogens is 2. The maximum absolute atomic E-state index is 6.37. The molecule has 1 aliphatic rings. The highest BCUT2D eigenvalue weighted by molar-refractivity contribution is 9.10. The average molecular weight is 353 g/mol. The zero-order valence-corrected chi connectivity index (χ0v) is 13.4. The number of nitrogens with two attached hydrogens (primary N) is 1. The Hall–Kier alpha value is -1.03. The van der Waals surface area contributed by atoms with E-state index in [1.165, 1.54) is 5.56 Å². The first kappa shape index (κ1) is 13.9. The molecule has 2 aromatic rings. The van der Waals surface area contributed by atoms with Gasteiger partial charge in [-0.05, 0) is 47.9 Å². The van der Waals surface area contributed by atoms with E-state index in [1.54, 1.807) is 0 Å². The van der Waals surface area contributed by atoms with Gasteiger partial charge in [0.05, 0.1) is 6.04 Å². The van der Waals surface area contributed by atoms with Crippen LogP contribution in [0.5, 0.6) is 5.75 Å². The topological polar surface area (TPSA) is 35.2 Å². The van der Waals surface area contributed by atoms with Crippen LogP contribution in [0, 0.1) is 0 Å². The van der Waals surface area contributed by atoms with Crippen LogP contribution in [0.4, 0.5) is 0 Å². The minimum absolute atomic E-state index is 0.235. The minimum Gasteiger partial charge on any atom is -0.490 e. The lowest BCUT2D eigenvalue weighted by Crippen LogP contribution is -2.12. The first-order valence-electron chi connectivity index (χ1n) is 6.54. The van der Waals surface area contributed by atoms with Gasteiger partial charge in [0.25, 0.3) is 0 Å². The summed E-state index contributed by atoms with van der Waals surface area (Å²) in [5, 5.41) is 0.686. The highest BCUT2D eigenvalue weighted by Gasteiger charge is 2.21. The third-order valence-electron chi connectivity index (χ3n) is 3.57. The zero-order chi connectivity index (χ0) is 14.3. The molecule has 0 saturated carbocycles. The minimum atomic E-state index is -0.235. The summed E-state index contributed by atoms with van der Waals surface area (Å²) in [5.74, 6) is 0.966. The van der Waals surface area contributed by atoms with Crippen molar-refractivity contribution < 1.29 is 4.74 Å². The Labute approximate surface area is 132 Å². The molecule has 4 heteroatoms. The monoisotopic (exact) mass is 351 g/mol. The molecule has 0 aliphatic carbocycles. The summed E-state index contributed by atoms with van der Waals surface area (Å²) >= 11 is 9.72. The molecule has 2 unspecified atom stereocenters. The lowest BCUT2D eigenvalue weighted by atomic mass is 9.97. The largest absolute Gasteiger partial charge is 0.490 e. The SMILES string of the molecule is CC1Cc2cc(C(N)c3cc(Br)ccc3Cl)ccc2O1. The number of benzene rings is 2. The molecule has 0 aromatic heterocycles. The molecule has 0 bridgehead atoms. The van der Waals surface area contributed by atoms with Crippen LogP contribution in [-0.4, -0.2) is 6.10 Å². The van der Waals surface area contributed by atoms with Gasteiger partial charge in [-0.2, -0.15) is 0 Å². The molecule has 3 rings (SSSR count). The van der Waals surface area contributed by atoms with Crippen molar-refractivity contribution in [2.75, 3.05) is 0 Å². The fourth-order valence-corrected chi connectivity index (χ4v) is 3.18. The van der Waals surface area contributed by atoms with E-state index in [0.717, 1.165) is 27.8 Å². The second kappa shape index (κ2) is 5.40. The lowest BCUT2D eigenvalue weighted by molar-refractivity contribution is 0.254. The van der Waals surface area contributed by atoms with Crippen molar-refractivity contribution in [3.05, 3.63) is 62.6 Å². The summed E-state index contributed by atoms with van der Waals surface area (Å²) < 4.78 is 6.69. The van der Waals surface area contributed by atoms with Crippen LogP contribution in [0.1, 0.15) is 29.7 Å². The smallest absolute Gasteiger partial charge is 0.123 e. The highest BCUT2D eigenvalue weighted by Crippen LogP contribution is 2.34. The van der Waals surface area contributed by atoms with Gasteiger partial charge in [-0.3, -0.25) is 0 Å². The molecular formula is C16H15BrClNO. The molecule has 0 fully saturated rings. The third-order valence-corrected chi connectivity index (χ3v) is 4.41.